The maximum atomic E-state index is 13.0. The molecule has 1 amide bonds. The van der Waals surface area contributed by atoms with Gasteiger partial charge in [0.1, 0.15) is 11.7 Å². The van der Waals surface area contributed by atoms with Crippen molar-refractivity contribution in [3.05, 3.63) is 93.4 Å². The van der Waals surface area contributed by atoms with E-state index < -0.39 is 18.1 Å². The van der Waals surface area contributed by atoms with E-state index in [2.05, 4.69) is 0 Å². The number of anilines is 2. The van der Waals surface area contributed by atoms with Crippen molar-refractivity contribution in [1.82, 2.24) is 14.5 Å². The van der Waals surface area contributed by atoms with Gasteiger partial charge < -0.3 is 15.7 Å². The van der Waals surface area contributed by atoms with Crippen molar-refractivity contribution in [2.24, 2.45) is 5.73 Å². The Balaban J connectivity index is 2.03. The number of primary amides is 1. The Morgan fingerprint density at radius 2 is 1.64 bits per heavy atom. The minimum atomic E-state index is -0.888. The highest BCUT2D eigenvalue weighted by Crippen LogP contribution is 2.35. The zero-order chi connectivity index (χ0) is 26.1. The summed E-state index contributed by atoms with van der Waals surface area (Å²) in [5.74, 6) is -0.256. The predicted octanol–water partition coefficient (Wildman–Crippen LogP) is 4.41. The Morgan fingerprint density at radius 3 is 2.28 bits per heavy atom. The lowest BCUT2D eigenvalue weighted by Gasteiger charge is -2.31. The average Bonchev–Trinajstić information content (AvgIpc) is 2.84. The van der Waals surface area contributed by atoms with E-state index in [9.17, 15) is 14.7 Å². The molecule has 8 nitrogen and oxygen atoms in total. The first-order valence-electron chi connectivity index (χ1n) is 11.9. The number of aryl methyl sites for hydroxylation is 2. The number of nitrogens with two attached hydrogens (primary N) is 1. The third-order valence-corrected chi connectivity index (χ3v) is 6.57. The Morgan fingerprint density at radius 1 is 0.972 bits per heavy atom. The van der Waals surface area contributed by atoms with Crippen molar-refractivity contribution >= 4 is 28.6 Å². The maximum absolute atomic E-state index is 13.0. The second-order valence-electron chi connectivity index (χ2n) is 9.15. The van der Waals surface area contributed by atoms with Crippen molar-refractivity contribution in [2.45, 2.75) is 52.8 Å². The zero-order valence-corrected chi connectivity index (χ0v) is 21.1. The summed E-state index contributed by atoms with van der Waals surface area (Å²) in [6.45, 7) is 9.04. The van der Waals surface area contributed by atoms with Gasteiger partial charge in [0.2, 0.25) is 11.9 Å². The van der Waals surface area contributed by atoms with Gasteiger partial charge in [-0.25, -0.2) is 4.98 Å². The fraction of sp³-hybridized carbons (Fsp3) is 0.286. The Bertz CT molecular complexity index is 1480. The van der Waals surface area contributed by atoms with Crippen LogP contribution in [-0.4, -0.2) is 25.5 Å². The molecule has 2 aromatic heterocycles. The number of hydrogen-bond acceptors (Lipinski definition) is 6. The zero-order valence-electron chi connectivity index (χ0n) is 21.1. The molecular weight excluding hydrogens is 454 g/mol. The van der Waals surface area contributed by atoms with E-state index in [-0.39, 0.29) is 11.6 Å². The van der Waals surface area contributed by atoms with Gasteiger partial charge in [0, 0.05) is 17.1 Å². The number of pyridine rings is 1. The summed E-state index contributed by atoms with van der Waals surface area (Å²) in [7, 11) is 0. The second-order valence-corrected chi connectivity index (χ2v) is 9.15. The molecule has 3 N–H and O–H groups in total. The van der Waals surface area contributed by atoms with Gasteiger partial charge in [0.05, 0.1) is 17.8 Å². The van der Waals surface area contributed by atoms with E-state index in [4.69, 9.17) is 15.7 Å². The van der Waals surface area contributed by atoms with E-state index in [1.54, 1.807) is 13.8 Å². The van der Waals surface area contributed by atoms with Crippen molar-refractivity contribution in [3.63, 3.8) is 0 Å². The monoisotopic (exact) mass is 485 g/mol. The first-order valence-corrected chi connectivity index (χ1v) is 11.9. The van der Waals surface area contributed by atoms with E-state index in [0.29, 0.717) is 22.7 Å². The number of carbonyl (C=O) groups is 1. The van der Waals surface area contributed by atoms with Crippen molar-refractivity contribution < 1.29 is 9.90 Å². The second kappa shape index (κ2) is 9.91. The lowest BCUT2D eigenvalue weighted by Crippen LogP contribution is -2.33. The summed E-state index contributed by atoms with van der Waals surface area (Å²) < 4.78 is 1.33. The Labute approximate surface area is 210 Å². The first-order chi connectivity index (χ1) is 17.1. The van der Waals surface area contributed by atoms with E-state index >= 15 is 0 Å². The lowest BCUT2D eigenvalue weighted by molar-refractivity contribution is -0.120. The number of nitrogens with zero attached hydrogens (tertiary/aromatic N) is 4. The molecular formula is C28H31N5O3. The molecule has 36 heavy (non-hydrogen) atoms. The molecule has 8 heteroatoms. The highest BCUT2D eigenvalue weighted by atomic mass is 16.3. The largest absolute Gasteiger partial charge is 0.389 e. The third-order valence-electron chi connectivity index (χ3n) is 6.57. The average molecular weight is 486 g/mol. The number of aliphatic hydroxyl groups is 1. The SMILES string of the molecule is Cc1cc(=O)n(C(C)C(N)=O)c2nc(N(c3cccc(C(C)O)c3)[C@@H](C)c3ccccc3)nc(C)c12. The lowest BCUT2D eigenvalue weighted by atomic mass is 10.0. The summed E-state index contributed by atoms with van der Waals surface area (Å²) in [5.41, 5.74) is 9.56. The smallest absolute Gasteiger partial charge is 0.253 e. The van der Waals surface area contributed by atoms with Crippen LogP contribution in [-0.2, 0) is 4.79 Å². The fourth-order valence-corrected chi connectivity index (χ4v) is 4.55. The molecule has 0 fully saturated rings. The van der Waals surface area contributed by atoms with Crippen molar-refractivity contribution in [2.75, 3.05) is 4.90 Å². The minimum absolute atomic E-state index is 0.189. The van der Waals surface area contributed by atoms with Crippen LogP contribution in [0.3, 0.4) is 0 Å². The maximum Gasteiger partial charge on any atom is 0.253 e. The summed E-state index contributed by atoms with van der Waals surface area (Å²) in [5, 5.41) is 10.9. The molecule has 3 atom stereocenters. The van der Waals surface area contributed by atoms with E-state index in [0.717, 1.165) is 22.4 Å². The van der Waals surface area contributed by atoms with Crippen LogP contribution < -0.4 is 16.2 Å². The predicted molar refractivity (Wildman–Crippen MR) is 141 cm³/mol. The third kappa shape index (κ3) is 4.59. The Hall–Kier alpha value is -4.04. The number of fused-ring (bicyclic) bond motifs is 1. The summed E-state index contributed by atoms with van der Waals surface area (Å²) in [6, 6.07) is 17.9. The molecule has 0 saturated heterocycles. The van der Waals surface area contributed by atoms with Gasteiger partial charge in [0.25, 0.3) is 5.56 Å². The molecule has 0 aliphatic rings. The standard InChI is InChI=1S/C28H31N5O3/c1-16-14-24(35)33(19(4)26(29)36)27-25(16)17(2)30-28(31-27)32(18(3)21-10-7-6-8-11-21)23-13-9-12-22(15-23)20(5)34/h6-15,18-20,34H,1-5H3,(H2,29,36)/t18-,19?,20?/m0/s1. The molecule has 0 bridgehead atoms. The number of aromatic nitrogens is 3. The van der Waals surface area contributed by atoms with E-state index in [1.807, 2.05) is 80.3 Å². The topological polar surface area (TPSA) is 114 Å². The first kappa shape index (κ1) is 25.1. The number of rotatable bonds is 7. The fourth-order valence-electron chi connectivity index (χ4n) is 4.55. The van der Waals surface area contributed by atoms with Gasteiger partial charge in [-0.15, -0.1) is 0 Å². The summed E-state index contributed by atoms with van der Waals surface area (Å²) in [6.07, 6.45) is -0.651. The Kier molecular flexibility index (Phi) is 6.90. The van der Waals surface area contributed by atoms with Crippen LogP contribution in [0.2, 0.25) is 0 Å². The van der Waals surface area contributed by atoms with Gasteiger partial charge >= 0.3 is 0 Å². The number of benzene rings is 2. The molecule has 4 aromatic rings. The molecule has 0 radical (unpaired) electrons. The molecule has 0 spiro atoms. The van der Waals surface area contributed by atoms with Crippen molar-refractivity contribution in [1.29, 1.82) is 0 Å². The highest BCUT2D eigenvalue weighted by molar-refractivity contribution is 5.86. The summed E-state index contributed by atoms with van der Waals surface area (Å²) in [4.78, 5) is 36.8. The van der Waals surface area contributed by atoms with Crippen LogP contribution in [0.25, 0.3) is 11.0 Å². The van der Waals surface area contributed by atoms with Crippen LogP contribution in [0, 0.1) is 13.8 Å². The van der Waals surface area contributed by atoms with Crippen LogP contribution in [0.5, 0.6) is 0 Å². The minimum Gasteiger partial charge on any atom is -0.389 e. The normalized spacial score (nSPS) is 13.8. The number of aliphatic hydroxyl groups excluding tert-OH is 1. The molecule has 4 rings (SSSR count). The molecule has 2 unspecified atom stereocenters. The number of carbonyl (C=O) groups excluding carboxylic acids is 1. The van der Waals surface area contributed by atoms with Crippen molar-refractivity contribution in [3.8, 4) is 0 Å². The number of hydrogen-bond donors (Lipinski definition) is 2. The number of amides is 1. The quantitative estimate of drug-likeness (QED) is 0.401. The van der Waals surface area contributed by atoms with Gasteiger partial charge in [-0.05, 0) is 63.4 Å². The molecule has 0 aliphatic carbocycles. The van der Waals surface area contributed by atoms with Crippen LogP contribution in [0.4, 0.5) is 11.6 Å². The highest BCUT2D eigenvalue weighted by Gasteiger charge is 2.25. The molecule has 2 heterocycles. The van der Waals surface area contributed by atoms with Gasteiger partial charge in [-0.1, -0.05) is 42.5 Å². The van der Waals surface area contributed by atoms with Crippen LogP contribution >= 0.6 is 0 Å². The molecule has 186 valence electrons. The van der Waals surface area contributed by atoms with Gasteiger partial charge in [-0.2, -0.15) is 4.98 Å². The van der Waals surface area contributed by atoms with Gasteiger partial charge in [0.15, 0.2) is 0 Å². The van der Waals surface area contributed by atoms with Gasteiger partial charge in [-0.3, -0.25) is 14.2 Å². The van der Waals surface area contributed by atoms with E-state index in [1.165, 1.54) is 10.6 Å². The van der Waals surface area contributed by atoms with Crippen LogP contribution in [0.15, 0.2) is 65.5 Å². The molecule has 0 aliphatic heterocycles. The van der Waals surface area contributed by atoms with Crippen LogP contribution in [0.1, 0.15) is 61.3 Å². The molecule has 2 aromatic carbocycles. The molecule has 0 saturated carbocycles. The summed E-state index contributed by atoms with van der Waals surface area (Å²) >= 11 is 0.